The van der Waals surface area contributed by atoms with Gasteiger partial charge in [0.25, 0.3) is 5.91 Å². The van der Waals surface area contributed by atoms with Crippen molar-refractivity contribution in [2.24, 2.45) is 0 Å². The smallest absolute Gasteiger partial charge is 0.416 e. The zero-order valence-electron chi connectivity index (χ0n) is 21.6. The van der Waals surface area contributed by atoms with Crippen LogP contribution >= 0.6 is 0 Å². The molecular weight excluding hydrogens is 550 g/mol. The summed E-state index contributed by atoms with van der Waals surface area (Å²) in [5.74, 6) is -0.320. The van der Waals surface area contributed by atoms with E-state index in [9.17, 15) is 31.1 Å². The third kappa shape index (κ3) is 6.31. The number of nitrogens with zero attached hydrogens (tertiary/aromatic N) is 2. The molecule has 1 aromatic heterocycles. The van der Waals surface area contributed by atoms with Gasteiger partial charge < -0.3 is 15.4 Å². The Bertz CT molecular complexity index is 1500. The quantitative estimate of drug-likeness (QED) is 0.231. The summed E-state index contributed by atoms with van der Waals surface area (Å²) in [5.41, 5.74) is -0.830. The number of benzene rings is 3. The molecule has 5 rings (SSSR count). The summed E-state index contributed by atoms with van der Waals surface area (Å²) in [5, 5.41) is 10.6. The molecule has 0 aliphatic carbocycles. The molecule has 4 aromatic rings. The van der Waals surface area contributed by atoms with Gasteiger partial charge in [-0.05, 0) is 54.8 Å². The molecule has 0 bridgehead atoms. The summed E-state index contributed by atoms with van der Waals surface area (Å²) in [6, 6.07) is 16.9. The molecule has 214 valence electrons. The Labute approximate surface area is 230 Å². The average Bonchev–Trinajstić information content (AvgIpc) is 3.37. The molecule has 2 heterocycles. The third-order valence-electron chi connectivity index (χ3n) is 6.72. The molecule has 0 fully saturated rings. The van der Waals surface area contributed by atoms with Gasteiger partial charge in [0.2, 0.25) is 0 Å². The highest BCUT2D eigenvalue weighted by Gasteiger charge is 2.37. The average molecular weight is 575 g/mol. The minimum atomic E-state index is -4.98. The number of carbonyl (C=O) groups excluding carboxylic acids is 1. The fourth-order valence-electron chi connectivity index (χ4n) is 4.65. The number of fused-ring (bicyclic) bond motifs is 1. The van der Waals surface area contributed by atoms with Crippen molar-refractivity contribution in [1.82, 2.24) is 15.1 Å². The molecular formula is C29H24F6N4O2. The molecule has 12 heteroatoms. The van der Waals surface area contributed by atoms with Crippen molar-refractivity contribution in [2.45, 2.75) is 44.3 Å². The van der Waals surface area contributed by atoms with Gasteiger partial charge in [-0.25, -0.2) is 4.68 Å². The molecule has 6 nitrogen and oxygen atoms in total. The van der Waals surface area contributed by atoms with Crippen molar-refractivity contribution in [3.05, 3.63) is 107 Å². The Morgan fingerprint density at radius 1 is 0.951 bits per heavy atom. The second-order valence-corrected chi connectivity index (χ2v) is 9.71. The normalized spacial score (nSPS) is 17.0. The predicted molar refractivity (Wildman–Crippen MR) is 138 cm³/mol. The number of nitrogens with one attached hydrogen (secondary N) is 2. The number of rotatable bonds is 6. The SMILES string of the molecule is CC1CC(c2ccccc2)Nc2c(C(=O)NCc3ccc(Oc4cc(C(F)(F)F)cc(C(F)(F)F)c4)cc3)cnn21. The molecule has 0 saturated heterocycles. The van der Waals surface area contributed by atoms with Gasteiger partial charge in [-0.15, -0.1) is 0 Å². The van der Waals surface area contributed by atoms with E-state index in [2.05, 4.69) is 15.7 Å². The van der Waals surface area contributed by atoms with Crippen molar-refractivity contribution in [2.75, 3.05) is 5.32 Å². The monoisotopic (exact) mass is 574 g/mol. The zero-order valence-corrected chi connectivity index (χ0v) is 21.6. The minimum absolute atomic E-state index is 0.0125. The molecule has 0 radical (unpaired) electrons. The fraction of sp³-hybridized carbons (Fsp3) is 0.241. The van der Waals surface area contributed by atoms with Gasteiger partial charge in [-0.1, -0.05) is 42.5 Å². The number of halogens is 6. The third-order valence-corrected chi connectivity index (χ3v) is 6.72. The van der Waals surface area contributed by atoms with E-state index >= 15 is 0 Å². The van der Waals surface area contributed by atoms with Gasteiger partial charge in [0.1, 0.15) is 22.9 Å². The molecule has 0 saturated carbocycles. The van der Waals surface area contributed by atoms with E-state index in [1.165, 1.54) is 18.3 Å². The molecule has 2 atom stereocenters. The van der Waals surface area contributed by atoms with Crippen LogP contribution < -0.4 is 15.4 Å². The van der Waals surface area contributed by atoms with Crippen molar-refractivity contribution >= 4 is 11.7 Å². The lowest BCUT2D eigenvalue weighted by Crippen LogP contribution is -2.28. The standard InChI is InChI=1S/C29H24F6N4O2/c1-17-11-25(19-5-3-2-4-6-19)38-26-24(16-37-39(17)26)27(40)36-15-18-7-9-22(10-8-18)41-23-13-20(28(30,31)32)12-21(14-23)29(33,34)35/h2-10,12-14,16-17,25,38H,11,15H2,1H3,(H,36,40). The maximum atomic E-state index is 13.1. The van der Waals surface area contributed by atoms with E-state index in [0.717, 1.165) is 12.0 Å². The van der Waals surface area contributed by atoms with Crippen molar-refractivity contribution in [3.63, 3.8) is 0 Å². The predicted octanol–water partition coefficient (Wildman–Crippen LogP) is 7.76. The van der Waals surface area contributed by atoms with E-state index in [1.54, 1.807) is 16.8 Å². The van der Waals surface area contributed by atoms with E-state index in [1.807, 2.05) is 37.3 Å². The highest BCUT2D eigenvalue weighted by atomic mass is 19.4. The Morgan fingerprint density at radius 2 is 1.59 bits per heavy atom. The van der Waals surface area contributed by atoms with Crippen LogP contribution in [0.4, 0.5) is 32.2 Å². The van der Waals surface area contributed by atoms with E-state index in [-0.39, 0.29) is 36.4 Å². The van der Waals surface area contributed by atoms with Crippen LogP contribution in [0.25, 0.3) is 0 Å². The van der Waals surface area contributed by atoms with Gasteiger partial charge in [0.05, 0.1) is 29.4 Å². The zero-order chi connectivity index (χ0) is 29.4. The van der Waals surface area contributed by atoms with Gasteiger partial charge >= 0.3 is 12.4 Å². The van der Waals surface area contributed by atoms with Crippen molar-refractivity contribution < 1.29 is 35.9 Å². The van der Waals surface area contributed by atoms with E-state index < -0.39 is 29.2 Å². The maximum absolute atomic E-state index is 13.1. The number of amides is 1. The second-order valence-electron chi connectivity index (χ2n) is 9.71. The van der Waals surface area contributed by atoms with Crippen LogP contribution in [0.5, 0.6) is 11.5 Å². The van der Waals surface area contributed by atoms with Crippen LogP contribution in [0.2, 0.25) is 0 Å². The van der Waals surface area contributed by atoms with Crippen molar-refractivity contribution in [3.8, 4) is 11.5 Å². The summed E-state index contributed by atoms with van der Waals surface area (Å²) in [6.07, 6.45) is -7.66. The maximum Gasteiger partial charge on any atom is 0.416 e. The van der Waals surface area contributed by atoms with Crippen LogP contribution in [0, 0.1) is 0 Å². The number of alkyl halides is 6. The number of aromatic nitrogens is 2. The molecule has 3 aromatic carbocycles. The highest BCUT2D eigenvalue weighted by molar-refractivity contribution is 5.98. The molecule has 1 aliphatic heterocycles. The van der Waals surface area contributed by atoms with E-state index in [0.29, 0.717) is 29.1 Å². The first kappa shape index (κ1) is 28.1. The number of anilines is 1. The van der Waals surface area contributed by atoms with Gasteiger partial charge in [0.15, 0.2) is 0 Å². The number of ether oxygens (including phenoxy) is 1. The lowest BCUT2D eigenvalue weighted by molar-refractivity contribution is -0.143. The largest absolute Gasteiger partial charge is 0.457 e. The number of hydrogen-bond donors (Lipinski definition) is 2. The summed E-state index contributed by atoms with van der Waals surface area (Å²) >= 11 is 0. The van der Waals surface area contributed by atoms with E-state index in [4.69, 9.17) is 4.74 Å². The van der Waals surface area contributed by atoms with Crippen LogP contribution in [-0.4, -0.2) is 15.7 Å². The van der Waals surface area contributed by atoms with Gasteiger partial charge in [-0.3, -0.25) is 4.79 Å². The molecule has 2 unspecified atom stereocenters. The molecule has 2 N–H and O–H groups in total. The van der Waals surface area contributed by atoms with Crippen LogP contribution in [0.3, 0.4) is 0 Å². The Balaban J connectivity index is 1.25. The number of carbonyl (C=O) groups is 1. The Morgan fingerprint density at radius 3 is 2.20 bits per heavy atom. The molecule has 41 heavy (non-hydrogen) atoms. The topological polar surface area (TPSA) is 68.2 Å². The Kier molecular flexibility index (Phi) is 7.41. The van der Waals surface area contributed by atoms with Crippen LogP contribution in [0.15, 0.2) is 79.0 Å². The van der Waals surface area contributed by atoms with Gasteiger partial charge in [0, 0.05) is 6.54 Å². The summed E-state index contributed by atoms with van der Waals surface area (Å²) in [7, 11) is 0. The molecule has 1 aliphatic rings. The lowest BCUT2D eigenvalue weighted by Gasteiger charge is -2.31. The second kappa shape index (κ2) is 10.8. The summed E-state index contributed by atoms with van der Waals surface area (Å²) in [4.78, 5) is 13.0. The number of hydrogen-bond acceptors (Lipinski definition) is 4. The fourth-order valence-corrected chi connectivity index (χ4v) is 4.65. The highest BCUT2D eigenvalue weighted by Crippen LogP contribution is 2.39. The van der Waals surface area contributed by atoms with Gasteiger partial charge in [-0.2, -0.15) is 31.4 Å². The minimum Gasteiger partial charge on any atom is -0.457 e. The van der Waals surface area contributed by atoms with Crippen molar-refractivity contribution in [1.29, 1.82) is 0 Å². The molecule has 1 amide bonds. The first-order valence-corrected chi connectivity index (χ1v) is 12.6. The molecule has 0 spiro atoms. The lowest BCUT2D eigenvalue weighted by atomic mass is 9.98. The van der Waals surface area contributed by atoms with Crippen LogP contribution in [0.1, 0.15) is 58.0 Å². The first-order chi connectivity index (χ1) is 19.4. The Hall–Kier alpha value is -4.48. The summed E-state index contributed by atoms with van der Waals surface area (Å²) < 4.78 is 85.8. The summed E-state index contributed by atoms with van der Waals surface area (Å²) in [6.45, 7) is 2.14. The van der Waals surface area contributed by atoms with Crippen LogP contribution in [-0.2, 0) is 18.9 Å². The first-order valence-electron chi connectivity index (χ1n) is 12.6.